The Hall–Kier alpha value is -2.54. The molecule has 1 N–H and O–H groups in total. The van der Waals surface area contributed by atoms with Gasteiger partial charge in [-0.25, -0.2) is 4.98 Å². The second kappa shape index (κ2) is 9.41. The lowest BCUT2D eigenvalue weighted by molar-refractivity contribution is -0.123. The van der Waals surface area contributed by atoms with Crippen molar-refractivity contribution in [2.45, 2.75) is 19.8 Å². The minimum absolute atomic E-state index is 0.102. The fourth-order valence-corrected chi connectivity index (χ4v) is 3.00. The van der Waals surface area contributed by atoms with Crippen molar-refractivity contribution in [1.29, 1.82) is 0 Å². The summed E-state index contributed by atoms with van der Waals surface area (Å²) in [7, 11) is 0. The highest BCUT2D eigenvalue weighted by Crippen LogP contribution is 2.23. The van der Waals surface area contributed by atoms with E-state index in [2.05, 4.69) is 20.2 Å². The van der Waals surface area contributed by atoms with Crippen LogP contribution in [0.15, 0.2) is 30.3 Å². The fraction of sp³-hybridized carbons (Fsp3) is 0.421. The molecule has 0 radical (unpaired) electrons. The van der Waals surface area contributed by atoms with E-state index in [1.807, 2.05) is 13.0 Å². The van der Waals surface area contributed by atoms with E-state index in [1.54, 1.807) is 24.3 Å². The standard InChI is InChI=1S/C19H23ClN4O3/c1-14-22-17(24-9-4-5-10-24)12-19(23-14)26-11-8-21-18(25)13-27-16-7-3-2-6-15(16)20/h2-3,6-7,12H,4-5,8-11,13H2,1H3,(H,21,25). The predicted molar refractivity (Wildman–Crippen MR) is 104 cm³/mol. The molecule has 8 heteroatoms. The summed E-state index contributed by atoms with van der Waals surface area (Å²) < 4.78 is 11.1. The highest BCUT2D eigenvalue weighted by molar-refractivity contribution is 6.32. The van der Waals surface area contributed by atoms with Crippen LogP contribution < -0.4 is 19.7 Å². The maximum Gasteiger partial charge on any atom is 0.258 e. The van der Waals surface area contributed by atoms with E-state index < -0.39 is 0 Å². The van der Waals surface area contributed by atoms with E-state index in [1.165, 1.54) is 12.8 Å². The molecule has 1 fully saturated rings. The first kappa shape index (κ1) is 19.2. The van der Waals surface area contributed by atoms with Crippen LogP contribution in [0.4, 0.5) is 5.82 Å². The zero-order valence-electron chi connectivity index (χ0n) is 15.3. The van der Waals surface area contributed by atoms with Crippen molar-refractivity contribution in [1.82, 2.24) is 15.3 Å². The molecule has 0 spiro atoms. The summed E-state index contributed by atoms with van der Waals surface area (Å²) in [6.45, 7) is 4.44. The molecule has 1 aliphatic rings. The number of carbonyl (C=O) groups excluding carboxylic acids is 1. The fourth-order valence-electron chi connectivity index (χ4n) is 2.81. The van der Waals surface area contributed by atoms with Gasteiger partial charge in [0.2, 0.25) is 5.88 Å². The number of hydrogen-bond acceptors (Lipinski definition) is 6. The maximum absolute atomic E-state index is 11.9. The molecule has 1 aliphatic heterocycles. The Morgan fingerprint density at radius 3 is 2.78 bits per heavy atom. The largest absolute Gasteiger partial charge is 0.482 e. The van der Waals surface area contributed by atoms with Crippen molar-refractivity contribution in [3.05, 3.63) is 41.2 Å². The molecule has 3 rings (SSSR count). The molecule has 1 amide bonds. The summed E-state index contributed by atoms with van der Waals surface area (Å²) in [5, 5.41) is 3.21. The Morgan fingerprint density at radius 1 is 1.22 bits per heavy atom. The third-order valence-corrected chi connectivity index (χ3v) is 4.41. The zero-order valence-corrected chi connectivity index (χ0v) is 16.0. The molecule has 0 aliphatic carbocycles. The minimum atomic E-state index is -0.241. The maximum atomic E-state index is 11.9. The first-order valence-electron chi connectivity index (χ1n) is 8.99. The zero-order chi connectivity index (χ0) is 19.1. The molecule has 1 saturated heterocycles. The number of carbonyl (C=O) groups is 1. The van der Waals surface area contributed by atoms with Gasteiger partial charge >= 0.3 is 0 Å². The van der Waals surface area contributed by atoms with E-state index in [-0.39, 0.29) is 12.5 Å². The van der Waals surface area contributed by atoms with Crippen LogP contribution in [0.5, 0.6) is 11.6 Å². The van der Waals surface area contributed by atoms with Gasteiger partial charge in [-0.3, -0.25) is 4.79 Å². The number of halogens is 1. The smallest absolute Gasteiger partial charge is 0.258 e. The highest BCUT2D eigenvalue weighted by Gasteiger charge is 2.15. The summed E-state index contributed by atoms with van der Waals surface area (Å²) in [6, 6.07) is 8.88. The quantitative estimate of drug-likeness (QED) is 0.698. The van der Waals surface area contributed by atoms with Crippen LogP contribution in [0, 0.1) is 6.92 Å². The van der Waals surface area contributed by atoms with Gasteiger partial charge in [-0.05, 0) is 31.9 Å². The topological polar surface area (TPSA) is 76.6 Å². The van der Waals surface area contributed by atoms with E-state index in [0.717, 1.165) is 18.9 Å². The lowest BCUT2D eigenvalue weighted by atomic mass is 10.3. The number of hydrogen-bond donors (Lipinski definition) is 1. The SMILES string of the molecule is Cc1nc(OCCNC(=O)COc2ccccc2Cl)cc(N2CCCC2)n1. The summed E-state index contributed by atoms with van der Waals surface area (Å²) in [4.78, 5) is 22.9. The molecular formula is C19H23ClN4O3. The molecular weight excluding hydrogens is 368 g/mol. The van der Waals surface area contributed by atoms with Crippen molar-refractivity contribution in [3.8, 4) is 11.6 Å². The molecule has 0 atom stereocenters. The molecule has 1 aromatic carbocycles. The monoisotopic (exact) mass is 390 g/mol. The normalized spacial score (nSPS) is 13.5. The van der Waals surface area contributed by atoms with E-state index in [4.69, 9.17) is 21.1 Å². The lowest BCUT2D eigenvalue weighted by Gasteiger charge is -2.17. The van der Waals surface area contributed by atoms with Crippen molar-refractivity contribution < 1.29 is 14.3 Å². The summed E-state index contributed by atoms with van der Waals surface area (Å²) in [5.74, 6) is 2.33. The number of para-hydroxylation sites is 1. The van der Waals surface area contributed by atoms with Gasteiger partial charge in [-0.1, -0.05) is 23.7 Å². The number of rotatable bonds is 8. The first-order chi connectivity index (χ1) is 13.1. The highest BCUT2D eigenvalue weighted by atomic mass is 35.5. The van der Waals surface area contributed by atoms with Gasteiger partial charge in [0.1, 0.15) is 24.0 Å². The van der Waals surface area contributed by atoms with Crippen LogP contribution in [0.1, 0.15) is 18.7 Å². The number of nitrogens with zero attached hydrogens (tertiary/aromatic N) is 3. The molecule has 7 nitrogen and oxygen atoms in total. The van der Waals surface area contributed by atoms with E-state index in [9.17, 15) is 4.79 Å². The Bertz CT molecular complexity index is 781. The average Bonchev–Trinajstić information content (AvgIpc) is 3.19. The van der Waals surface area contributed by atoms with Gasteiger partial charge in [0.15, 0.2) is 6.61 Å². The minimum Gasteiger partial charge on any atom is -0.482 e. The van der Waals surface area contributed by atoms with Crippen LogP contribution in [0.2, 0.25) is 5.02 Å². The van der Waals surface area contributed by atoms with Gasteiger partial charge in [0.25, 0.3) is 5.91 Å². The van der Waals surface area contributed by atoms with Crippen molar-refractivity contribution in [2.24, 2.45) is 0 Å². The number of amides is 1. The number of nitrogens with one attached hydrogen (secondary N) is 1. The van der Waals surface area contributed by atoms with Gasteiger partial charge in [0.05, 0.1) is 11.6 Å². The summed E-state index contributed by atoms with van der Waals surface area (Å²) in [5.41, 5.74) is 0. The molecule has 2 heterocycles. The van der Waals surface area contributed by atoms with Crippen LogP contribution in [0.25, 0.3) is 0 Å². The van der Waals surface area contributed by atoms with Crippen molar-refractivity contribution >= 4 is 23.3 Å². The number of benzene rings is 1. The van der Waals surface area contributed by atoms with Crippen LogP contribution in [0.3, 0.4) is 0 Å². The van der Waals surface area contributed by atoms with Crippen molar-refractivity contribution in [2.75, 3.05) is 37.7 Å². The second-order valence-electron chi connectivity index (χ2n) is 6.22. The van der Waals surface area contributed by atoms with E-state index in [0.29, 0.717) is 35.6 Å². The third-order valence-electron chi connectivity index (χ3n) is 4.10. The second-order valence-corrected chi connectivity index (χ2v) is 6.63. The molecule has 0 bridgehead atoms. The Balaban J connectivity index is 1.40. The summed E-state index contributed by atoms with van der Waals surface area (Å²) >= 11 is 5.98. The molecule has 0 saturated carbocycles. The first-order valence-corrected chi connectivity index (χ1v) is 9.37. The molecule has 0 unspecified atom stereocenters. The molecule has 2 aromatic rings. The van der Waals surface area contributed by atoms with Gasteiger partial charge in [0, 0.05) is 19.2 Å². The van der Waals surface area contributed by atoms with Gasteiger partial charge < -0.3 is 19.7 Å². The number of ether oxygens (including phenoxy) is 2. The van der Waals surface area contributed by atoms with Crippen LogP contribution >= 0.6 is 11.6 Å². The number of aromatic nitrogens is 2. The Morgan fingerprint density at radius 2 is 2.00 bits per heavy atom. The molecule has 144 valence electrons. The number of anilines is 1. The van der Waals surface area contributed by atoms with E-state index >= 15 is 0 Å². The molecule has 1 aromatic heterocycles. The Kier molecular flexibility index (Phi) is 6.70. The van der Waals surface area contributed by atoms with Crippen LogP contribution in [-0.4, -0.2) is 48.7 Å². The third kappa shape index (κ3) is 5.72. The predicted octanol–water partition coefficient (Wildman–Crippen LogP) is 2.61. The van der Waals surface area contributed by atoms with Gasteiger partial charge in [-0.2, -0.15) is 4.98 Å². The average molecular weight is 391 g/mol. The van der Waals surface area contributed by atoms with Gasteiger partial charge in [-0.15, -0.1) is 0 Å². The van der Waals surface area contributed by atoms with Crippen molar-refractivity contribution in [3.63, 3.8) is 0 Å². The lowest BCUT2D eigenvalue weighted by Crippen LogP contribution is -2.32. The molecule has 27 heavy (non-hydrogen) atoms. The van der Waals surface area contributed by atoms with Crippen LogP contribution in [-0.2, 0) is 4.79 Å². The summed E-state index contributed by atoms with van der Waals surface area (Å²) in [6.07, 6.45) is 2.36. The Labute approximate surface area is 163 Å². The number of aryl methyl sites for hydroxylation is 1.